The first-order chi connectivity index (χ1) is 13.3. The van der Waals surface area contributed by atoms with Crippen molar-refractivity contribution in [3.05, 3.63) is 56.7 Å². The first-order valence-electron chi connectivity index (χ1n) is 9.05. The topological polar surface area (TPSA) is 87.3 Å². The van der Waals surface area contributed by atoms with Gasteiger partial charge in [0.25, 0.3) is 11.5 Å². The van der Waals surface area contributed by atoms with Gasteiger partial charge in [0.2, 0.25) is 5.95 Å². The normalized spacial score (nSPS) is 15.5. The quantitative estimate of drug-likeness (QED) is 0.793. The summed E-state index contributed by atoms with van der Waals surface area (Å²) in [4.78, 5) is 34.1. The maximum atomic E-state index is 13.4. The number of benzene rings is 1. The van der Waals surface area contributed by atoms with Crippen molar-refractivity contribution in [2.24, 2.45) is 5.92 Å². The Kier molecular flexibility index (Phi) is 6.31. The summed E-state index contributed by atoms with van der Waals surface area (Å²) in [6.07, 6.45) is 0. The van der Waals surface area contributed by atoms with Gasteiger partial charge in [0.05, 0.1) is 30.0 Å². The molecule has 1 fully saturated rings. The number of carbonyl (C=O) groups excluding carboxylic acids is 1. The lowest BCUT2D eigenvalue weighted by atomic mass is 10.00. The maximum Gasteiger partial charge on any atom is 0.252 e. The summed E-state index contributed by atoms with van der Waals surface area (Å²) >= 11 is 5.77. The van der Waals surface area contributed by atoms with Crippen LogP contribution in [-0.4, -0.2) is 42.2 Å². The van der Waals surface area contributed by atoms with E-state index >= 15 is 0 Å². The minimum absolute atomic E-state index is 0.0355. The zero-order valence-electron chi connectivity index (χ0n) is 15.7. The molecule has 1 saturated heterocycles. The Morgan fingerprint density at radius 2 is 2.04 bits per heavy atom. The van der Waals surface area contributed by atoms with Crippen LogP contribution in [0.3, 0.4) is 0 Å². The van der Waals surface area contributed by atoms with Crippen LogP contribution < -0.4 is 15.8 Å². The standard InChI is InChI=1S/C19H22ClFN4O3/c1-11(2)17(24-18(27)12-3-4-14(21)13(20)9-12)15-10-16(26)23-19(22-15)25-5-7-28-8-6-25/h3-4,9-11,17H,5-8H2,1-2H3,(H,24,27)(H,22,23,26)/t17-/m0/s1. The number of H-pyrrole nitrogens is 1. The van der Waals surface area contributed by atoms with E-state index in [2.05, 4.69) is 15.3 Å². The molecule has 1 aromatic carbocycles. The average Bonchev–Trinajstić information content (AvgIpc) is 2.68. The zero-order valence-corrected chi connectivity index (χ0v) is 16.4. The molecule has 2 N–H and O–H groups in total. The molecule has 150 valence electrons. The van der Waals surface area contributed by atoms with Crippen LogP contribution in [0, 0.1) is 11.7 Å². The number of rotatable bonds is 5. The van der Waals surface area contributed by atoms with E-state index in [9.17, 15) is 14.0 Å². The Bertz CT molecular complexity index is 912. The van der Waals surface area contributed by atoms with Crippen LogP contribution in [-0.2, 0) is 4.74 Å². The lowest BCUT2D eigenvalue weighted by Crippen LogP contribution is -2.39. The number of nitrogens with one attached hydrogen (secondary N) is 2. The number of ether oxygens (including phenoxy) is 1. The molecule has 0 spiro atoms. The third-order valence-electron chi connectivity index (χ3n) is 4.51. The lowest BCUT2D eigenvalue weighted by Gasteiger charge is -2.28. The molecule has 0 saturated carbocycles. The van der Waals surface area contributed by atoms with Gasteiger partial charge >= 0.3 is 0 Å². The fourth-order valence-corrected chi connectivity index (χ4v) is 3.17. The summed E-state index contributed by atoms with van der Waals surface area (Å²) in [6.45, 7) is 6.20. The van der Waals surface area contributed by atoms with Gasteiger partial charge in [0.15, 0.2) is 0 Å². The first kappa shape index (κ1) is 20.3. The predicted octanol–water partition coefficient (Wildman–Crippen LogP) is 2.53. The molecule has 0 radical (unpaired) electrons. The highest BCUT2D eigenvalue weighted by atomic mass is 35.5. The molecule has 0 unspecified atom stereocenters. The molecule has 28 heavy (non-hydrogen) atoms. The summed E-state index contributed by atoms with van der Waals surface area (Å²) < 4.78 is 18.7. The molecule has 1 aliphatic rings. The summed E-state index contributed by atoms with van der Waals surface area (Å²) in [5.41, 5.74) is 0.397. The number of hydrogen-bond acceptors (Lipinski definition) is 5. The minimum Gasteiger partial charge on any atom is -0.378 e. The number of anilines is 1. The van der Waals surface area contributed by atoms with E-state index in [0.29, 0.717) is 37.9 Å². The number of nitrogens with zero attached hydrogens (tertiary/aromatic N) is 2. The van der Waals surface area contributed by atoms with E-state index in [1.165, 1.54) is 18.2 Å². The lowest BCUT2D eigenvalue weighted by molar-refractivity contribution is 0.0924. The molecular weight excluding hydrogens is 387 g/mol. The highest BCUT2D eigenvalue weighted by molar-refractivity contribution is 6.31. The average molecular weight is 409 g/mol. The van der Waals surface area contributed by atoms with Gasteiger partial charge < -0.3 is 15.0 Å². The number of carbonyl (C=O) groups is 1. The second-order valence-corrected chi connectivity index (χ2v) is 7.32. The van der Waals surface area contributed by atoms with Crippen LogP contribution >= 0.6 is 11.6 Å². The fraction of sp³-hybridized carbons (Fsp3) is 0.421. The van der Waals surface area contributed by atoms with Crippen LogP contribution in [0.2, 0.25) is 5.02 Å². The van der Waals surface area contributed by atoms with Crippen LogP contribution in [0.4, 0.5) is 10.3 Å². The monoisotopic (exact) mass is 408 g/mol. The predicted molar refractivity (Wildman–Crippen MR) is 104 cm³/mol. The van der Waals surface area contributed by atoms with Crippen molar-refractivity contribution in [1.82, 2.24) is 15.3 Å². The van der Waals surface area contributed by atoms with Crippen molar-refractivity contribution < 1.29 is 13.9 Å². The van der Waals surface area contributed by atoms with Gasteiger partial charge in [-0.3, -0.25) is 14.6 Å². The molecule has 2 heterocycles. The van der Waals surface area contributed by atoms with Gasteiger partial charge in [-0.2, -0.15) is 0 Å². The molecule has 0 bridgehead atoms. The maximum absolute atomic E-state index is 13.4. The summed E-state index contributed by atoms with van der Waals surface area (Å²) in [7, 11) is 0. The van der Waals surface area contributed by atoms with Crippen molar-refractivity contribution in [3.63, 3.8) is 0 Å². The van der Waals surface area contributed by atoms with E-state index < -0.39 is 17.8 Å². The number of aromatic amines is 1. The molecule has 2 aromatic rings. The third kappa shape index (κ3) is 4.69. The van der Waals surface area contributed by atoms with Gasteiger partial charge in [0, 0.05) is 24.7 Å². The molecular formula is C19H22ClFN4O3. The van der Waals surface area contributed by atoms with Crippen molar-refractivity contribution in [2.45, 2.75) is 19.9 Å². The second-order valence-electron chi connectivity index (χ2n) is 6.92. The number of amides is 1. The molecule has 9 heteroatoms. The van der Waals surface area contributed by atoms with Gasteiger partial charge in [0.1, 0.15) is 5.82 Å². The SMILES string of the molecule is CC(C)[C@H](NC(=O)c1ccc(F)c(Cl)c1)c1cc(=O)[nH]c(N2CCOCC2)n1. The van der Waals surface area contributed by atoms with Crippen LogP contribution in [0.1, 0.15) is 35.9 Å². The zero-order chi connectivity index (χ0) is 20.3. The van der Waals surface area contributed by atoms with E-state index in [4.69, 9.17) is 16.3 Å². The van der Waals surface area contributed by atoms with Gasteiger partial charge in [-0.1, -0.05) is 25.4 Å². The number of halogens is 2. The molecule has 7 nitrogen and oxygen atoms in total. The van der Waals surface area contributed by atoms with Crippen molar-refractivity contribution in [2.75, 3.05) is 31.2 Å². The summed E-state index contributed by atoms with van der Waals surface area (Å²) in [5, 5.41) is 2.75. The molecule has 3 rings (SSSR count). The Morgan fingerprint density at radius 3 is 2.68 bits per heavy atom. The van der Waals surface area contributed by atoms with Crippen LogP contribution in [0.15, 0.2) is 29.1 Å². The van der Waals surface area contributed by atoms with E-state index in [0.717, 1.165) is 6.07 Å². The van der Waals surface area contributed by atoms with Crippen molar-refractivity contribution in [1.29, 1.82) is 0 Å². The Labute approximate surface area is 166 Å². The first-order valence-corrected chi connectivity index (χ1v) is 9.43. The number of morpholine rings is 1. The largest absolute Gasteiger partial charge is 0.378 e. The Hall–Kier alpha value is -2.45. The number of aromatic nitrogens is 2. The molecule has 1 aromatic heterocycles. The van der Waals surface area contributed by atoms with Crippen LogP contribution in [0.5, 0.6) is 0 Å². The Morgan fingerprint density at radius 1 is 1.32 bits per heavy atom. The van der Waals surface area contributed by atoms with Gasteiger partial charge in [-0.05, 0) is 24.1 Å². The summed E-state index contributed by atoms with van der Waals surface area (Å²) in [5.74, 6) is -0.595. The molecule has 1 atom stereocenters. The molecule has 1 aliphatic heterocycles. The second kappa shape index (κ2) is 8.70. The van der Waals surface area contributed by atoms with Gasteiger partial charge in [-0.25, -0.2) is 9.37 Å². The van der Waals surface area contributed by atoms with Crippen molar-refractivity contribution >= 4 is 23.5 Å². The van der Waals surface area contributed by atoms with E-state index in [1.54, 1.807) is 0 Å². The molecule has 0 aliphatic carbocycles. The highest BCUT2D eigenvalue weighted by Crippen LogP contribution is 2.22. The molecule has 1 amide bonds. The highest BCUT2D eigenvalue weighted by Gasteiger charge is 2.23. The number of hydrogen-bond donors (Lipinski definition) is 2. The van der Waals surface area contributed by atoms with Gasteiger partial charge in [-0.15, -0.1) is 0 Å². The van der Waals surface area contributed by atoms with E-state index in [-0.39, 0.29) is 22.1 Å². The summed E-state index contributed by atoms with van der Waals surface area (Å²) in [6, 6.07) is 4.65. The van der Waals surface area contributed by atoms with Crippen LogP contribution in [0.25, 0.3) is 0 Å². The van der Waals surface area contributed by atoms with Crippen molar-refractivity contribution in [3.8, 4) is 0 Å². The smallest absolute Gasteiger partial charge is 0.252 e. The third-order valence-corrected chi connectivity index (χ3v) is 4.80. The van der Waals surface area contributed by atoms with E-state index in [1.807, 2.05) is 18.7 Å². The minimum atomic E-state index is -0.593. The fourth-order valence-electron chi connectivity index (χ4n) is 2.99. The Balaban J connectivity index is 1.87.